The number of hydrogen-bond acceptors (Lipinski definition) is 6. The van der Waals surface area contributed by atoms with Gasteiger partial charge in [0.1, 0.15) is 12.6 Å². The van der Waals surface area contributed by atoms with Crippen molar-refractivity contribution in [2.24, 2.45) is 5.92 Å². The Morgan fingerprint density at radius 3 is 2.53 bits per heavy atom. The third-order valence-corrected chi connectivity index (χ3v) is 5.48. The van der Waals surface area contributed by atoms with E-state index in [1.165, 1.54) is 18.4 Å². The molecule has 172 valence electrons. The molecule has 9 heteroatoms. The highest BCUT2D eigenvalue weighted by atomic mass is 16.5. The number of nitrogens with one attached hydrogen (secondary N) is 2. The van der Waals surface area contributed by atoms with Gasteiger partial charge in [-0.1, -0.05) is 45.4 Å². The molecule has 1 aliphatic rings. The number of carbonyl (C=O) groups is 4. The van der Waals surface area contributed by atoms with Gasteiger partial charge in [0.2, 0.25) is 17.7 Å². The molecule has 30 heavy (non-hydrogen) atoms. The van der Waals surface area contributed by atoms with Gasteiger partial charge in [0, 0.05) is 18.9 Å². The normalized spacial score (nSPS) is 17.8. The van der Waals surface area contributed by atoms with Crippen molar-refractivity contribution in [2.45, 2.75) is 83.6 Å². The van der Waals surface area contributed by atoms with E-state index in [1.54, 1.807) is 5.48 Å². The van der Waals surface area contributed by atoms with Gasteiger partial charge in [-0.05, 0) is 25.7 Å². The van der Waals surface area contributed by atoms with E-state index in [2.05, 4.69) is 17.0 Å². The van der Waals surface area contributed by atoms with Gasteiger partial charge in [-0.3, -0.25) is 24.4 Å². The average molecular weight is 428 g/mol. The van der Waals surface area contributed by atoms with E-state index >= 15 is 0 Å². The number of methoxy groups -OCH3 is 1. The van der Waals surface area contributed by atoms with Gasteiger partial charge in [-0.2, -0.15) is 0 Å². The van der Waals surface area contributed by atoms with Crippen LogP contribution in [0.5, 0.6) is 0 Å². The summed E-state index contributed by atoms with van der Waals surface area (Å²) in [5, 5.41) is 11.6. The van der Waals surface area contributed by atoms with Crippen LogP contribution in [0.15, 0.2) is 0 Å². The Balaban J connectivity index is 2.68. The highest BCUT2D eigenvalue weighted by Gasteiger charge is 2.32. The van der Waals surface area contributed by atoms with E-state index in [1.807, 2.05) is 0 Å². The summed E-state index contributed by atoms with van der Waals surface area (Å²) in [4.78, 5) is 50.2. The number of esters is 1. The van der Waals surface area contributed by atoms with Crippen molar-refractivity contribution in [3.8, 4) is 0 Å². The lowest BCUT2D eigenvalue weighted by atomic mass is 9.95. The number of unbranched alkanes of at least 4 members (excludes halogenated alkanes) is 5. The van der Waals surface area contributed by atoms with E-state index in [-0.39, 0.29) is 24.8 Å². The van der Waals surface area contributed by atoms with E-state index in [0.717, 1.165) is 44.9 Å². The number of nitrogens with zero attached hydrogens (tertiary/aromatic N) is 1. The van der Waals surface area contributed by atoms with Gasteiger partial charge in [-0.15, -0.1) is 0 Å². The predicted molar refractivity (Wildman–Crippen MR) is 110 cm³/mol. The average Bonchev–Trinajstić information content (AvgIpc) is 2.91. The van der Waals surface area contributed by atoms with Gasteiger partial charge in [0.25, 0.3) is 0 Å². The monoisotopic (exact) mass is 427 g/mol. The van der Waals surface area contributed by atoms with Crippen molar-refractivity contribution in [2.75, 3.05) is 20.2 Å². The minimum atomic E-state index is -0.728. The van der Waals surface area contributed by atoms with Crippen LogP contribution in [0.2, 0.25) is 0 Å². The first-order chi connectivity index (χ1) is 14.4. The minimum absolute atomic E-state index is 0.135. The molecule has 0 aromatic heterocycles. The van der Waals surface area contributed by atoms with E-state index in [0.29, 0.717) is 19.4 Å². The molecule has 0 saturated carbocycles. The van der Waals surface area contributed by atoms with Gasteiger partial charge in [-0.25, -0.2) is 5.48 Å². The van der Waals surface area contributed by atoms with Crippen molar-refractivity contribution in [3.05, 3.63) is 0 Å². The van der Waals surface area contributed by atoms with Crippen LogP contribution < -0.4 is 10.8 Å². The zero-order chi connectivity index (χ0) is 22.4. The summed E-state index contributed by atoms with van der Waals surface area (Å²) in [6, 6.07) is -0.728. The molecule has 3 N–H and O–H groups in total. The standard InChI is InChI=1S/C21H37N3O6/c1-3-4-5-6-7-8-11-16(14-18(25)23-29)20(27)22-17-12-9-10-13-24(21(17)28)15-19(26)30-2/h16-17,29H,3-15H2,1-2H3,(H,22,27)(H,23,25)/t16-,17-/m0/s1. The Bertz CT molecular complexity index is 569. The second-order valence-corrected chi connectivity index (χ2v) is 7.89. The van der Waals surface area contributed by atoms with E-state index in [4.69, 9.17) is 5.21 Å². The van der Waals surface area contributed by atoms with Crippen LogP contribution in [0.1, 0.15) is 77.6 Å². The fourth-order valence-corrected chi connectivity index (χ4v) is 3.67. The summed E-state index contributed by atoms with van der Waals surface area (Å²) < 4.78 is 4.64. The Morgan fingerprint density at radius 2 is 1.87 bits per heavy atom. The first kappa shape index (κ1) is 25.9. The molecule has 0 aliphatic carbocycles. The SMILES string of the molecule is CCCCCCCC[C@@H](CC(=O)NO)C(=O)N[C@H]1CCCCN(CC(=O)OC)C1=O. The molecule has 3 amide bonds. The second kappa shape index (κ2) is 14.8. The highest BCUT2D eigenvalue weighted by molar-refractivity contribution is 5.91. The predicted octanol–water partition coefficient (Wildman–Crippen LogP) is 1.92. The Kier molecular flexibility index (Phi) is 12.7. The molecule has 0 aromatic rings. The van der Waals surface area contributed by atoms with Crippen molar-refractivity contribution in [1.29, 1.82) is 0 Å². The third-order valence-electron chi connectivity index (χ3n) is 5.48. The molecular formula is C21H37N3O6. The number of hydroxylamine groups is 1. The van der Waals surface area contributed by atoms with Crippen molar-refractivity contribution >= 4 is 23.7 Å². The molecule has 9 nitrogen and oxygen atoms in total. The van der Waals surface area contributed by atoms with Gasteiger partial charge >= 0.3 is 5.97 Å². The maximum atomic E-state index is 12.8. The van der Waals surface area contributed by atoms with E-state index in [9.17, 15) is 19.2 Å². The zero-order valence-electron chi connectivity index (χ0n) is 18.3. The number of carbonyl (C=O) groups excluding carboxylic acids is 4. The lowest BCUT2D eigenvalue weighted by molar-refractivity contribution is -0.148. The lowest BCUT2D eigenvalue weighted by Gasteiger charge is -2.25. The smallest absolute Gasteiger partial charge is 0.325 e. The van der Waals surface area contributed by atoms with Crippen LogP contribution in [-0.4, -0.2) is 60.0 Å². The molecule has 1 fully saturated rings. The molecule has 1 saturated heterocycles. The van der Waals surface area contributed by atoms with Crippen LogP contribution in [0.3, 0.4) is 0 Å². The molecule has 1 aliphatic heterocycles. The summed E-state index contributed by atoms with van der Waals surface area (Å²) in [7, 11) is 1.27. The van der Waals surface area contributed by atoms with Crippen molar-refractivity contribution < 1.29 is 29.1 Å². The van der Waals surface area contributed by atoms with Crippen LogP contribution >= 0.6 is 0 Å². The summed E-state index contributed by atoms with van der Waals surface area (Å²) in [6.45, 7) is 2.44. The fourth-order valence-electron chi connectivity index (χ4n) is 3.67. The molecular weight excluding hydrogens is 390 g/mol. The number of amides is 3. The number of hydrogen-bond donors (Lipinski definition) is 3. The first-order valence-corrected chi connectivity index (χ1v) is 11.0. The maximum Gasteiger partial charge on any atom is 0.325 e. The van der Waals surface area contributed by atoms with Gasteiger partial charge < -0.3 is 15.0 Å². The first-order valence-electron chi connectivity index (χ1n) is 11.0. The maximum absolute atomic E-state index is 12.8. The quantitative estimate of drug-likeness (QED) is 0.178. The molecule has 2 atom stereocenters. The Morgan fingerprint density at radius 1 is 1.17 bits per heavy atom. The molecule has 0 radical (unpaired) electrons. The summed E-state index contributed by atoms with van der Waals surface area (Å²) >= 11 is 0. The summed E-state index contributed by atoms with van der Waals surface area (Å²) in [6.07, 6.45) is 8.69. The number of rotatable bonds is 13. The third kappa shape index (κ3) is 9.56. The Hall–Kier alpha value is -2.16. The minimum Gasteiger partial charge on any atom is -0.468 e. The van der Waals surface area contributed by atoms with Crippen molar-refractivity contribution in [3.63, 3.8) is 0 Å². The number of ether oxygens (including phenoxy) is 1. The lowest BCUT2D eigenvalue weighted by Crippen LogP contribution is -2.50. The molecule has 1 heterocycles. The van der Waals surface area contributed by atoms with E-state index < -0.39 is 23.8 Å². The Labute approximate surface area is 178 Å². The molecule has 0 unspecified atom stereocenters. The molecule has 1 rings (SSSR count). The second-order valence-electron chi connectivity index (χ2n) is 7.89. The van der Waals surface area contributed by atoms with Crippen LogP contribution in [0.4, 0.5) is 0 Å². The van der Waals surface area contributed by atoms with Crippen LogP contribution in [0, 0.1) is 5.92 Å². The molecule has 0 aromatic carbocycles. The van der Waals surface area contributed by atoms with Crippen LogP contribution in [-0.2, 0) is 23.9 Å². The number of likely N-dealkylation sites (tertiary alicyclic amines) is 1. The topological polar surface area (TPSA) is 125 Å². The largest absolute Gasteiger partial charge is 0.468 e. The fraction of sp³-hybridized carbons (Fsp3) is 0.810. The highest BCUT2D eigenvalue weighted by Crippen LogP contribution is 2.18. The summed E-state index contributed by atoms with van der Waals surface area (Å²) in [5.74, 6) is -2.42. The summed E-state index contributed by atoms with van der Waals surface area (Å²) in [5.41, 5.74) is 1.58. The molecule has 0 bridgehead atoms. The van der Waals surface area contributed by atoms with Gasteiger partial charge in [0.05, 0.1) is 7.11 Å². The van der Waals surface area contributed by atoms with Crippen molar-refractivity contribution in [1.82, 2.24) is 15.7 Å². The van der Waals surface area contributed by atoms with Gasteiger partial charge in [0.15, 0.2) is 0 Å². The molecule has 0 spiro atoms. The zero-order valence-corrected chi connectivity index (χ0v) is 18.3. The van der Waals surface area contributed by atoms with Crippen LogP contribution in [0.25, 0.3) is 0 Å².